The summed E-state index contributed by atoms with van der Waals surface area (Å²) in [6.07, 6.45) is 0. The zero-order valence-electron chi connectivity index (χ0n) is 3.55. The number of hydrogen-bond acceptors (Lipinski definition) is 2. The van der Waals surface area contributed by atoms with E-state index in [2.05, 4.69) is 0 Å². The van der Waals surface area contributed by atoms with Crippen molar-refractivity contribution >= 4 is 0 Å². The van der Waals surface area contributed by atoms with Crippen molar-refractivity contribution in [2.45, 2.75) is 6.92 Å². The van der Waals surface area contributed by atoms with Crippen LogP contribution in [0.15, 0.2) is 0 Å². The van der Waals surface area contributed by atoms with E-state index in [9.17, 15) is 0 Å². The lowest BCUT2D eigenvalue weighted by Gasteiger charge is -1.52. The minimum Gasteiger partial charge on any atom is -0.397 e. The van der Waals surface area contributed by atoms with E-state index in [1.807, 2.05) is 0 Å². The summed E-state index contributed by atoms with van der Waals surface area (Å²) in [7, 11) is 0. The van der Waals surface area contributed by atoms with Gasteiger partial charge < -0.3 is 5.11 Å². The van der Waals surface area contributed by atoms with Gasteiger partial charge in [0, 0.05) is 6.61 Å². The predicted molar refractivity (Wildman–Crippen MR) is 22.2 cm³/mol. The summed E-state index contributed by atoms with van der Waals surface area (Å²) in [6, 6.07) is 0. The van der Waals surface area contributed by atoms with Crippen LogP contribution in [0.4, 0.5) is 0 Å². The molecule has 4 heteroatoms. The molecule has 0 unspecified atom stereocenters. The molecule has 2 N–H and O–H groups in total. The van der Waals surface area contributed by atoms with E-state index in [4.69, 9.17) is 16.2 Å². The molecule has 0 radical (unpaired) electrons. The molecule has 0 amide bonds. The van der Waals surface area contributed by atoms with Gasteiger partial charge in [-0.2, -0.15) is 0 Å². The SMILES string of the molecule is CCO.[N-]=[N+]=N. The Labute approximate surface area is 35.8 Å². The Morgan fingerprint density at radius 3 is 2.00 bits per heavy atom. The normalized spacial score (nSPS) is 4.33. The molecule has 0 aliphatic carbocycles. The lowest BCUT2D eigenvalue weighted by molar-refractivity contribution is 0.318. The molecule has 0 saturated carbocycles. The van der Waals surface area contributed by atoms with Gasteiger partial charge in [-0.1, -0.05) is 0 Å². The summed E-state index contributed by atoms with van der Waals surface area (Å²) in [5.74, 6) is 0. The lowest BCUT2D eigenvalue weighted by Crippen LogP contribution is -1.57. The topological polar surface area (TPSA) is 80.5 Å². The van der Waals surface area contributed by atoms with Crippen LogP contribution in [0, 0.1) is 5.53 Å². The van der Waals surface area contributed by atoms with Crippen molar-refractivity contribution in [3.05, 3.63) is 10.4 Å². The van der Waals surface area contributed by atoms with Gasteiger partial charge in [0.15, 0.2) is 0 Å². The van der Waals surface area contributed by atoms with Crippen molar-refractivity contribution in [3.63, 3.8) is 0 Å². The second-order valence-corrected chi connectivity index (χ2v) is 0.416. The average Bonchev–Trinajstić information content (AvgIpc) is 1.39. The summed E-state index contributed by atoms with van der Waals surface area (Å²) in [5.41, 5.74) is 12.2. The maximum Gasteiger partial charge on any atom is 0.0402 e. The van der Waals surface area contributed by atoms with Crippen molar-refractivity contribution in [3.8, 4) is 0 Å². The molecule has 0 aromatic rings. The Hall–Kier alpha value is -0.730. The highest BCUT2D eigenvalue weighted by Crippen LogP contribution is 1.30. The molecular weight excluding hydrogens is 82.0 g/mol. The van der Waals surface area contributed by atoms with Gasteiger partial charge in [-0.15, -0.1) is 5.53 Å². The van der Waals surface area contributed by atoms with Gasteiger partial charge in [0.2, 0.25) is 0 Å². The van der Waals surface area contributed by atoms with Crippen molar-refractivity contribution in [2.24, 2.45) is 0 Å². The quantitative estimate of drug-likeness (QED) is 0.258. The predicted octanol–water partition coefficient (Wildman–Crippen LogP) is 0.874. The van der Waals surface area contributed by atoms with E-state index in [0.717, 1.165) is 0 Å². The Morgan fingerprint density at radius 1 is 2.00 bits per heavy atom. The summed E-state index contributed by atoms with van der Waals surface area (Å²) < 4.78 is 0. The number of nitrogens with zero attached hydrogens (tertiary/aromatic N) is 2. The summed E-state index contributed by atoms with van der Waals surface area (Å²) in [5, 5.41) is 7.57. The van der Waals surface area contributed by atoms with Gasteiger partial charge >= 0.3 is 0 Å². The molecule has 0 aromatic heterocycles. The minimum atomic E-state index is 0.250. The first-order chi connectivity index (χ1) is 2.83. The molecular formula is C2H7N3O. The molecule has 6 heavy (non-hydrogen) atoms. The van der Waals surface area contributed by atoms with Crippen LogP contribution in [-0.2, 0) is 0 Å². The summed E-state index contributed by atoms with van der Waals surface area (Å²) in [4.78, 5) is 1.75. The maximum absolute atomic E-state index is 7.57. The third-order valence-electron chi connectivity index (χ3n) is 0. The van der Waals surface area contributed by atoms with E-state index in [1.54, 1.807) is 11.8 Å². The van der Waals surface area contributed by atoms with Crippen LogP contribution < -0.4 is 0 Å². The molecule has 0 aromatic carbocycles. The maximum atomic E-state index is 7.57. The third-order valence-corrected chi connectivity index (χ3v) is 0. The standard InChI is InChI=1S/C2H6O.HN3/c1-2-3;1-3-2/h3H,2H2,1H3;1H. The Balaban J connectivity index is 0. The zero-order valence-corrected chi connectivity index (χ0v) is 3.55. The monoisotopic (exact) mass is 89.1 g/mol. The smallest absolute Gasteiger partial charge is 0.0402 e. The van der Waals surface area contributed by atoms with Crippen molar-refractivity contribution in [1.82, 2.24) is 0 Å². The second kappa shape index (κ2) is 28.3. The first-order valence-corrected chi connectivity index (χ1v) is 1.45. The molecule has 0 fully saturated rings. The van der Waals surface area contributed by atoms with E-state index in [-0.39, 0.29) is 6.61 Å². The Bertz CT molecular complexity index is 38.1. The molecule has 0 aliphatic heterocycles. The van der Waals surface area contributed by atoms with Gasteiger partial charge in [-0.05, 0) is 17.4 Å². The molecule has 0 bridgehead atoms. The van der Waals surface area contributed by atoms with Crippen molar-refractivity contribution in [1.29, 1.82) is 5.53 Å². The van der Waals surface area contributed by atoms with Crippen LogP contribution in [-0.4, -0.2) is 11.7 Å². The third kappa shape index (κ3) is 31.6. The van der Waals surface area contributed by atoms with Crippen LogP contribution in [0.1, 0.15) is 6.92 Å². The van der Waals surface area contributed by atoms with Crippen LogP contribution in [0.25, 0.3) is 10.4 Å². The van der Waals surface area contributed by atoms with Crippen LogP contribution >= 0.6 is 0 Å². The molecule has 0 spiro atoms. The fourth-order valence-electron chi connectivity index (χ4n) is 0. The van der Waals surface area contributed by atoms with Gasteiger partial charge in [-0.3, -0.25) is 0 Å². The molecule has 0 rings (SSSR count). The molecule has 0 heterocycles. The number of rotatable bonds is 0. The summed E-state index contributed by atoms with van der Waals surface area (Å²) >= 11 is 0. The number of nitrogens with one attached hydrogen (secondary N) is 1. The highest BCUT2D eigenvalue weighted by Gasteiger charge is 1.34. The molecule has 36 valence electrons. The molecule has 0 aliphatic rings. The van der Waals surface area contributed by atoms with Crippen molar-refractivity contribution < 1.29 is 5.11 Å². The highest BCUT2D eigenvalue weighted by atomic mass is 16.2. The van der Waals surface area contributed by atoms with Crippen LogP contribution in [0.5, 0.6) is 0 Å². The fraction of sp³-hybridized carbons (Fsp3) is 1.00. The van der Waals surface area contributed by atoms with Crippen LogP contribution in [0.3, 0.4) is 0 Å². The number of aliphatic hydroxyl groups excluding tert-OH is 1. The van der Waals surface area contributed by atoms with Gasteiger partial charge in [0.05, 0.1) is 0 Å². The Morgan fingerprint density at radius 2 is 2.00 bits per heavy atom. The van der Waals surface area contributed by atoms with Crippen molar-refractivity contribution in [2.75, 3.05) is 6.61 Å². The molecule has 4 nitrogen and oxygen atoms in total. The number of hydrogen-bond donors (Lipinski definition) is 2. The number of aliphatic hydroxyl groups is 1. The average molecular weight is 89.1 g/mol. The van der Waals surface area contributed by atoms with E-state index in [0.29, 0.717) is 0 Å². The lowest BCUT2D eigenvalue weighted by atomic mass is 10.9. The van der Waals surface area contributed by atoms with Crippen LogP contribution in [0.2, 0.25) is 0 Å². The van der Waals surface area contributed by atoms with Gasteiger partial charge in [0.25, 0.3) is 0 Å². The first kappa shape index (κ1) is 8.99. The molecule has 0 atom stereocenters. The molecule has 0 saturated heterocycles. The van der Waals surface area contributed by atoms with Gasteiger partial charge in [-0.25, -0.2) is 0 Å². The van der Waals surface area contributed by atoms with E-state index >= 15 is 0 Å². The fourth-order valence-corrected chi connectivity index (χ4v) is 0. The summed E-state index contributed by atoms with van der Waals surface area (Å²) in [6.45, 7) is 1.93. The second-order valence-electron chi connectivity index (χ2n) is 0.416. The van der Waals surface area contributed by atoms with E-state index < -0.39 is 0 Å². The first-order valence-electron chi connectivity index (χ1n) is 1.45. The van der Waals surface area contributed by atoms with Gasteiger partial charge in [0.1, 0.15) is 0 Å². The highest BCUT2D eigenvalue weighted by molar-refractivity contribution is 4.18. The zero-order chi connectivity index (χ0) is 5.41. The largest absolute Gasteiger partial charge is 0.397 e. The van der Waals surface area contributed by atoms with E-state index in [1.165, 1.54) is 0 Å². The minimum absolute atomic E-state index is 0.250. The Kier molecular flexibility index (Phi) is 42.4.